The van der Waals surface area contributed by atoms with E-state index in [9.17, 15) is 9.90 Å². The molecule has 0 bridgehead atoms. The number of para-hydroxylation sites is 1. The molecule has 1 amide bonds. The van der Waals surface area contributed by atoms with Gasteiger partial charge in [-0.15, -0.1) is 0 Å². The molecule has 28 heavy (non-hydrogen) atoms. The van der Waals surface area contributed by atoms with Crippen LogP contribution in [0.25, 0.3) is 10.9 Å². The van der Waals surface area contributed by atoms with E-state index in [1.165, 1.54) is 0 Å². The molecule has 1 atom stereocenters. The van der Waals surface area contributed by atoms with E-state index in [2.05, 4.69) is 28.4 Å². The quantitative estimate of drug-likeness (QED) is 0.689. The highest BCUT2D eigenvalue weighted by Crippen LogP contribution is 2.38. The van der Waals surface area contributed by atoms with Gasteiger partial charge in [0.05, 0.1) is 29.4 Å². The third-order valence-electron chi connectivity index (χ3n) is 5.66. The van der Waals surface area contributed by atoms with Gasteiger partial charge in [0, 0.05) is 23.8 Å². The fourth-order valence-corrected chi connectivity index (χ4v) is 3.96. The van der Waals surface area contributed by atoms with Gasteiger partial charge in [0.2, 0.25) is 0 Å². The third kappa shape index (κ3) is 3.52. The molecule has 1 aromatic carbocycles. The van der Waals surface area contributed by atoms with E-state index in [1.54, 1.807) is 6.20 Å². The van der Waals surface area contributed by atoms with Gasteiger partial charge in [0.15, 0.2) is 0 Å². The molecule has 1 unspecified atom stereocenters. The monoisotopic (exact) mass is 378 g/mol. The zero-order valence-corrected chi connectivity index (χ0v) is 16.3. The highest BCUT2D eigenvalue weighted by molar-refractivity contribution is 5.95. The van der Waals surface area contributed by atoms with Gasteiger partial charge in [0.25, 0.3) is 5.91 Å². The Labute approximate surface area is 164 Å². The molecule has 6 heteroatoms. The number of fused-ring (bicyclic) bond motifs is 1. The van der Waals surface area contributed by atoms with Crippen LogP contribution in [-0.4, -0.2) is 31.9 Å². The predicted octanol–water partition coefficient (Wildman–Crippen LogP) is 3.39. The molecule has 0 aliphatic heterocycles. The molecule has 2 heterocycles. The summed E-state index contributed by atoms with van der Waals surface area (Å²) in [5.41, 5.74) is 3.39. The zero-order valence-electron chi connectivity index (χ0n) is 16.3. The second-order valence-corrected chi connectivity index (χ2v) is 7.66. The smallest absolute Gasteiger partial charge is 0.255 e. The van der Waals surface area contributed by atoms with Crippen LogP contribution in [0.4, 0.5) is 0 Å². The van der Waals surface area contributed by atoms with Crippen molar-refractivity contribution in [1.29, 1.82) is 0 Å². The van der Waals surface area contributed by atoms with Gasteiger partial charge in [-0.2, -0.15) is 5.10 Å². The van der Waals surface area contributed by atoms with Gasteiger partial charge in [-0.25, -0.2) is 0 Å². The van der Waals surface area contributed by atoms with Crippen molar-refractivity contribution in [2.75, 3.05) is 0 Å². The highest BCUT2D eigenvalue weighted by Gasteiger charge is 2.36. The van der Waals surface area contributed by atoms with E-state index >= 15 is 0 Å². The second kappa shape index (κ2) is 7.72. The first kappa shape index (κ1) is 18.6. The molecule has 2 aromatic heterocycles. The topological polar surface area (TPSA) is 80.0 Å². The van der Waals surface area contributed by atoms with Crippen molar-refractivity contribution in [3.8, 4) is 0 Å². The van der Waals surface area contributed by atoms with Crippen molar-refractivity contribution in [2.24, 2.45) is 5.92 Å². The van der Waals surface area contributed by atoms with Crippen LogP contribution in [0.15, 0.2) is 42.7 Å². The van der Waals surface area contributed by atoms with E-state index in [-0.39, 0.29) is 24.0 Å². The number of nitrogens with zero attached hydrogens (tertiary/aromatic N) is 3. The molecular weight excluding hydrogens is 352 g/mol. The maximum absolute atomic E-state index is 13.0. The number of nitrogens with one attached hydrogen (secondary N) is 1. The number of amides is 1. The number of aliphatic hydroxyl groups is 1. The second-order valence-electron chi connectivity index (χ2n) is 7.66. The number of hydrogen-bond donors (Lipinski definition) is 2. The maximum atomic E-state index is 13.0. The van der Waals surface area contributed by atoms with Gasteiger partial charge in [0.1, 0.15) is 0 Å². The van der Waals surface area contributed by atoms with Gasteiger partial charge >= 0.3 is 0 Å². The molecule has 1 fully saturated rings. The van der Waals surface area contributed by atoms with Crippen LogP contribution in [0, 0.1) is 12.8 Å². The lowest BCUT2D eigenvalue weighted by molar-refractivity contribution is 0.0235. The molecule has 0 saturated heterocycles. The van der Waals surface area contributed by atoms with Crippen LogP contribution >= 0.6 is 0 Å². The lowest BCUT2D eigenvalue weighted by Gasteiger charge is -2.38. The number of carbonyl (C=O) groups excluding carboxylic acids is 1. The first-order chi connectivity index (χ1) is 13.6. The molecule has 0 radical (unpaired) electrons. The summed E-state index contributed by atoms with van der Waals surface area (Å²) in [7, 11) is 0. The van der Waals surface area contributed by atoms with Crippen molar-refractivity contribution in [1.82, 2.24) is 20.1 Å². The number of aliphatic hydroxyl groups excluding tert-OH is 1. The normalized spacial score (nSPS) is 20.0. The Morgan fingerprint density at radius 2 is 2.11 bits per heavy atom. The first-order valence-electron chi connectivity index (χ1n) is 9.92. The van der Waals surface area contributed by atoms with Gasteiger partial charge in [-0.1, -0.05) is 25.1 Å². The fraction of sp³-hybridized carbons (Fsp3) is 0.409. The van der Waals surface area contributed by atoms with Crippen LogP contribution in [0.2, 0.25) is 0 Å². The van der Waals surface area contributed by atoms with Crippen molar-refractivity contribution in [3.63, 3.8) is 0 Å². The number of aryl methyl sites for hydroxylation is 1. The lowest BCUT2D eigenvalue weighted by atomic mass is 9.75. The highest BCUT2D eigenvalue weighted by atomic mass is 16.3. The first-order valence-corrected chi connectivity index (χ1v) is 9.92. The Morgan fingerprint density at radius 1 is 1.32 bits per heavy atom. The van der Waals surface area contributed by atoms with E-state index < -0.39 is 0 Å². The molecule has 1 saturated carbocycles. The lowest BCUT2D eigenvalue weighted by Crippen LogP contribution is -2.41. The molecule has 3 aromatic rings. The molecular formula is C22H26N4O2. The number of aromatic nitrogens is 3. The molecule has 1 aliphatic carbocycles. The van der Waals surface area contributed by atoms with Gasteiger partial charge in [-0.3, -0.25) is 14.5 Å². The van der Waals surface area contributed by atoms with Crippen molar-refractivity contribution < 1.29 is 9.90 Å². The standard InChI is InChI=1S/C22H26N4O2/c1-3-8-26-14(2)19(13-24-26)22(28)25-21(16-10-18(27)11-16)17-9-15-6-4-5-7-20(15)23-12-17/h4-7,9,12-13,16,18,21,27H,3,8,10-11H2,1-2H3,(H,25,28). The van der Waals surface area contributed by atoms with Gasteiger partial charge < -0.3 is 10.4 Å². The van der Waals surface area contributed by atoms with Crippen molar-refractivity contribution in [2.45, 2.75) is 51.8 Å². The average Bonchev–Trinajstić information content (AvgIpc) is 3.04. The SMILES string of the molecule is CCCn1ncc(C(=O)NC(c2cnc3ccccc3c2)C2CC(O)C2)c1C. The minimum atomic E-state index is -0.285. The van der Waals surface area contributed by atoms with Crippen LogP contribution in [0.3, 0.4) is 0 Å². The summed E-state index contributed by atoms with van der Waals surface area (Å²) in [5.74, 6) is 0.0762. The number of carbonyl (C=O) groups is 1. The Balaban J connectivity index is 1.62. The Hall–Kier alpha value is -2.73. The average molecular weight is 378 g/mol. The van der Waals surface area contributed by atoms with Crippen molar-refractivity contribution in [3.05, 3.63) is 59.5 Å². The summed E-state index contributed by atoms with van der Waals surface area (Å²) in [5, 5.41) is 18.4. The Morgan fingerprint density at radius 3 is 2.86 bits per heavy atom. The Kier molecular flexibility index (Phi) is 5.13. The molecule has 0 spiro atoms. The summed E-state index contributed by atoms with van der Waals surface area (Å²) < 4.78 is 1.87. The van der Waals surface area contributed by atoms with E-state index in [4.69, 9.17) is 0 Å². The van der Waals surface area contributed by atoms with Crippen LogP contribution < -0.4 is 5.32 Å². The molecule has 4 rings (SSSR count). The van der Waals surface area contributed by atoms with E-state index in [0.717, 1.165) is 35.1 Å². The molecule has 6 nitrogen and oxygen atoms in total. The Bertz CT molecular complexity index is 991. The summed E-state index contributed by atoms with van der Waals surface area (Å²) in [6.07, 6.45) is 5.54. The largest absolute Gasteiger partial charge is 0.393 e. The maximum Gasteiger partial charge on any atom is 0.255 e. The van der Waals surface area contributed by atoms with Crippen LogP contribution in [0.1, 0.15) is 53.8 Å². The summed E-state index contributed by atoms with van der Waals surface area (Å²) >= 11 is 0. The molecule has 1 aliphatic rings. The van der Waals surface area contributed by atoms with E-state index in [0.29, 0.717) is 18.4 Å². The molecule has 146 valence electrons. The van der Waals surface area contributed by atoms with Crippen LogP contribution in [-0.2, 0) is 6.54 Å². The number of pyridine rings is 1. The minimum Gasteiger partial charge on any atom is -0.393 e. The number of hydrogen-bond acceptors (Lipinski definition) is 4. The minimum absolute atomic E-state index is 0.126. The fourth-order valence-electron chi connectivity index (χ4n) is 3.96. The summed E-state index contributed by atoms with van der Waals surface area (Å²) in [4.78, 5) is 17.6. The predicted molar refractivity (Wildman–Crippen MR) is 108 cm³/mol. The molecule has 2 N–H and O–H groups in total. The third-order valence-corrected chi connectivity index (χ3v) is 5.66. The summed E-state index contributed by atoms with van der Waals surface area (Å²) in [6, 6.07) is 9.87. The van der Waals surface area contributed by atoms with E-state index in [1.807, 2.05) is 42.1 Å². The summed E-state index contributed by atoms with van der Waals surface area (Å²) in [6.45, 7) is 4.81. The zero-order chi connectivity index (χ0) is 19.7. The number of benzene rings is 1. The van der Waals surface area contributed by atoms with Crippen LogP contribution in [0.5, 0.6) is 0 Å². The van der Waals surface area contributed by atoms with Crippen molar-refractivity contribution >= 4 is 16.8 Å². The van der Waals surface area contributed by atoms with Gasteiger partial charge in [-0.05, 0) is 49.8 Å². The number of rotatable bonds is 6.